The van der Waals surface area contributed by atoms with Crippen LogP contribution in [0.15, 0.2) is 63.8 Å². The van der Waals surface area contributed by atoms with Crippen LogP contribution in [0.4, 0.5) is 4.79 Å². The van der Waals surface area contributed by atoms with Crippen molar-refractivity contribution in [2.75, 3.05) is 20.8 Å². The number of hydrogen-bond acceptors (Lipinski definition) is 8. The summed E-state index contributed by atoms with van der Waals surface area (Å²) < 4.78 is 20.4. The van der Waals surface area contributed by atoms with E-state index >= 15 is 0 Å². The van der Waals surface area contributed by atoms with E-state index in [9.17, 15) is 19.2 Å². The van der Waals surface area contributed by atoms with Gasteiger partial charge >= 0.3 is 17.7 Å². The van der Waals surface area contributed by atoms with Crippen LogP contribution in [0.25, 0.3) is 11.0 Å². The third-order valence-electron chi connectivity index (χ3n) is 5.85. The maximum atomic E-state index is 12.5. The summed E-state index contributed by atoms with van der Waals surface area (Å²) in [5, 5.41) is 6.02. The van der Waals surface area contributed by atoms with Gasteiger partial charge in [-0.05, 0) is 36.1 Å². The van der Waals surface area contributed by atoms with Crippen LogP contribution < -0.4 is 21.0 Å². The Morgan fingerprint density at radius 3 is 2.50 bits per heavy atom. The highest BCUT2D eigenvalue weighted by Gasteiger charge is 2.23. The molecule has 1 aromatic heterocycles. The molecule has 3 rings (SSSR count). The second kappa shape index (κ2) is 14.4. The predicted molar refractivity (Wildman–Crippen MR) is 140 cm³/mol. The first-order valence-corrected chi connectivity index (χ1v) is 12.3. The number of esters is 1. The molecule has 2 amide bonds. The molecular weight excluding hydrogens is 492 g/mol. The van der Waals surface area contributed by atoms with Crippen LogP contribution in [0, 0.1) is 0 Å². The SMILES string of the molecule is COC(=O)[C@@H](Cc1cc(=O)oc2cc(OC)ccc12)NC(=O)CCCCCNC(=O)OCc1ccccc1. The fourth-order valence-corrected chi connectivity index (χ4v) is 3.88. The van der Waals surface area contributed by atoms with Gasteiger partial charge in [-0.2, -0.15) is 0 Å². The molecule has 38 heavy (non-hydrogen) atoms. The highest BCUT2D eigenvalue weighted by molar-refractivity contribution is 5.86. The van der Waals surface area contributed by atoms with Gasteiger partial charge in [-0.15, -0.1) is 0 Å². The first-order chi connectivity index (χ1) is 18.4. The summed E-state index contributed by atoms with van der Waals surface area (Å²) in [7, 11) is 2.74. The van der Waals surface area contributed by atoms with Gasteiger partial charge in [0.1, 0.15) is 24.0 Å². The highest BCUT2D eigenvalue weighted by Crippen LogP contribution is 2.23. The van der Waals surface area contributed by atoms with Gasteiger partial charge < -0.3 is 29.3 Å². The number of fused-ring (bicyclic) bond motifs is 1. The zero-order chi connectivity index (χ0) is 27.3. The van der Waals surface area contributed by atoms with Crippen LogP contribution in [0.3, 0.4) is 0 Å². The van der Waals surface area contributed by atoms with E-state index in [0.717, 1.165) is 5.56 Å². The van der Waals surface area contributed by atoms with Crippen LogP contribution in [-0.4, -0.2) is 44.8 Å². The maximum Gasteiger partial charge on any atom is 0.407 e. The first-order valence-electron chi connectivity index (χ1n) is 12.3. The van der Waals surface area contributed by atoms with E-state index < -0.39 is 23.7 Å². The Morgan fingerprint density at radius 2 is 1.76 bits per heavy atom. The second-order valence-corrected chi connectivity index (χ2v) is 8.60. The lowest BCUT2D eigenvalue weighted by Crippen LogP contribution is -2.43. The number of ether oxygens (including phenoxy) is 3. The number of hydrogen-bond donors (Lipinski definition) is 2. The summed E-state index contributed by atoms with van der Waals surface area (Å²) in [6.07, 6.45) is 1.69. The van der Waals surface area contributed by atoms with E-state index in [1.54, 1.807) is 18.2 Å². The molecule has 0 aliphatic rings. The second-order valence-electron chi connectivity index (χ2n) is 8.60. The monoisotopic (exact) mass is 524 g/mol. The van der Waals surface area contributed by atoms with Crippen LogP contribution in [0.2, 0.25) is 0 Å². The van der Waals surface area contributed by atoms with Gasteiger partial charge in [0, 0.05) is 36.9 Å². The Hall–Kier alpha value is -4.34. The topological polar surface area (TPSA) is 133 Å². The molecule has 0 radical (unpaired) electrons. The summed E-state index contributed by atoms with van der Waals surface area (Å²) in [4.78, 5) is 48.8. The Labute approximate surface area is 220 Å². The number of methoxy groups -OCH3 is 2. The van der Waals surface area contributed by atoms with Crippen LogP contribution in [0.1, 0.15) is 36.8 Å². The molecule has 0 spiro atoms. The number of amides is 2. The van der Waals surface area contributed by atoms with Crippen molar-refractivity contribution in [1.82, 2.24) is 10.6 Å². The number of carbonyl (C=O) groups is 3. The number of alkyl carbamates (subject to hydrolysis) is 1. The Balaban J connectivity index is 1.44. The van der Waals surface area contributed by atoms with Gasteiger partial charge in [0.15, 0.2) is 0 Å². The zero-order valence-corrected chi connectivity index (χ0v) is 21.5. The standard InChI is InChI=1S/C28H32N2O8/c1-35-21-12-13-22-20(16-26(32)38-24(22)17-21)15-23(27(33)36-2)30-25(31)11-7-4-8-14-29-28(34)37-18-19-9-5-3-6-10-19/h3,5-6,9-10,12-13,16-17,23H,4,7-8,11,14-15,18H2,1-2H3,(H,29,34)(H,30,31)/t23-/m1/s1. The maximum absolute atomic E-state index is 12.5. The molecule has 0 aliphatic carbocycles. The van der Waals surface area contributed by atoms with Gasteiger partial charge in [0.2, 0.25) is 5.91 Å². The fourth-order valence-electron chi connectivity index (χ4n) is 3.88. The van der Waals surface area contributed by atoms with Crippen molar-refractivity contribution in [3.05, 3.63) is 76.1 Å². The van der Waals surface area contributed by atoms with Crippen molar-refractivity contribution < 1.29 is 33.0 Å². The fraction of sp³-hybridized carbons (Fsp3) is 0.357. The number of benzene rings is 2. The van der Waals surface area contributed by atoms with Crippen LogP contribution in [0.5, 0.6) is 5.75 Å². The van der Waals surface area contributed by atoms with Crippen LogP contribution >= 0.6 is 0 Å². The third kappa shape index (κ3) is 8.65. The molecule has 0 unspecified atom stereocenters. The van der Waals surface area contributed by atoms with Crippen molar-refractivity contribution in [2.45, 2.75) is 44.8 Å². The lowest BCUT2D eigenvalue weighted by molar-refractivity contribution is -0.145. The molecule has 2 N–H and O–H groups in total. The van der Waals surface area contributed by atoms with E-state index in [0.29, 0.717) is 48.1 Å². The molecule has 0 aliphatic heterocycles. The average Bonchev–Trinajstić information content (AvgIpc) is 2.92. The molecule has 202 valence electrons. The zero-order valence-electron chi connectivity index (χ0n) is 21.5. The van der Waals surface area contributed by atoms with Crippen molar-refractivity contribution >= 4 is 28.9 Å². The van der Waals surface area contributed by atoms with E-state index in [2.05, 4.69) is 10.6 Å². The van der Waals surface area contributed by atoms with E-state index in [-0.39, 0.29) is 25.4 Å². The molecule has 0 fully saturated rings. The van der Waals surface area contributed by atoms with Gasteiger partial charge in [-0.25, -0.2) is 14.4 Å². The lowest BCUT2D eigenvalue weighted by Gasteiger charge is -2.17. The van der Waals surface area contributed by atoms with Gasteiger partial charge in [0.05, 0.1) is 14.2 Å². The third-order valence-corrected chi connectivity index (χ3v) is 5.85. The number of carbonyl (C=O) groups excluding carboxylic acids is 3. The quantitative estimate of drug-likeness (QED) is 0.197. The molecule has 1 atom stereocenters. The van der Waals surface area contributed by atoms with Crippen LogP contribution in [-0.2, 0) is 32.1 Å². The predicted octanol–water partition coefficient (Wildman–Crippen LogP) is 3.49. The van der Waals surface area contributed by atoms with E-state index in [4.69, 9.17) is 18.6 Å². The minimum atomic E-state index is -0.972. The molecule has 0 bridgehead atoms. The average molecular weight is 525 g/mol. The van der Waals surface area contributed by atoms with Crippen molar-refractivity contribution in [3.8, 4) is 5.75 Å². The molecular formula is C28H32N2O8. The highest BCUT2D eigenvalue weighted by atomic mass is 16.5. The molecule has 1 heterocycles. The summed E-state index contributed by atoms with van der Waals surface area (Å²) in [5.74, 6) is -0.411. The summed E-state index contributed by atoms with van der Waals surface area (Å²) in [6.45, 7) is 0.626. The molecule has 10 heteroatoms. The van der Waals surface area contributed by atoms with Gasteiger partial charge in [-0.1, -0.05) is 36.8 Å². The van der Waals surface area contributed by atoms with Gasteiger partial charge in [-0.3, -0.25) is 4.79 Å². The van der Waals surface area contributed by atoms with Crippen molar-refractivity contribution in [3.63, 3.8) is 0 Å². The van der Waals surface area contributed by atoms with Crippen molar-refractivity contribution in [1.29, 1.82) is 0 Å². The Morgan fingerprint density at radius 1 is 0.974 bits per heavy atom. The number of unbranched alkanes of at least 4 members (excludes halogenated alkanes) is 2. The lowest BCUT2D eigenvalue weighted by atomic mass is 10.0. The Bertz CT molecular complexity index is 1290. The summed E-state index contributed by atoms with van der Waals surface area (Å²) in [5.41, 5.74) is 1.19. The molecule has 0 saturated carbocycles. The van der Waals surface area contributed by atoms with Crippen molar-refractivity contribution in [2.24, 2.45) is 0 Å². The first kappa shape index (κ1) is 28.2. The normalized spacial score (nSPS) is 11.4. The summed E-state index contributed by atoms with van der Waals surface area (Å²) >= 11 is 0. The molecule has 0 saturated heterocycles. The molecule has 2 aromatic carbocycles. The molecule has 3 aromatic rings. The van der Waals surface area contributed by atoms with E-state index in [1.807, 2.05) is 30.3 Å². The summed E-state index contributed by atoms with van der Waals surface area (Å²) in [6, 6.07) is 14.8. The van der Waals surface area contributed by atoms with Gasteiger partial charge in [0.25, 0.3) is 0 Å². The number of rotatable bonds is 13. The minimum Gasteiger partial charge on any atom is -0.497 e. The smallest absolute Gasteiger partial charge is 0.407 e. The van der Waals surface area contributed by atoms with E-state index in [1.165, 1.54) is 20.3 Å². The molecule has 10 nitrogen and oxygen atoms in total. The largest absolute Gasteiger partial charge is 0.497 e. The minimum absolute atomic E-state index is 0.0574. The Kier molecular flexibility index (Phi) is 10.7. The number of nitrogens with one attached hydrogen (secondary N) is 2.